The summed E-state index contributed by atoms with van der Waals surface area (Å²) in [5.74, 6) is 0.641. The van der Waals surface area contributed by atoms with E-state index >= 15 is 0 Å². The molecule has 1 heterocycles. The first-order chi connectivity index (χ1) is 20.9. The predicted molar refractivity (Wildman–Crippen MR) is 173 cm³/mol. The van der Waals surface area contributed by atoms with Gasteiger partial charge in [0.2, 0.25) is 5.91 Å². The number of guanidine groups is 1. The van der Waals surface area contributed by atoms with Crippen LogP contribution in [0.25, 0.3) is 10.8 Å². The first-order valence-corrected chi connectivity index (χ1v) is 16.2. The van der Waals surface area contributed by atoms with E-state index in [1.807, 2.05) is 17.6 Å². The number of nitro groups is 1. The number of aryl methyl sites for hydroxylation is 1. The quantitative estimate of drug-likeness (QED) is 0.0724. The van der Waals surface area contributed by atoms with Gasteiger partial charge in [-0.05, 0) is 91.4 Å². The molecule has 1 aliphatic heterocycles. The molecular weight excluding hydrogens is 557 g/mol. The zero-order chi connectivity index (χ0) is 31.6. The molecule has 4 aliphatic rings. The molecule has 4 N–H and O–H groups in total. The molecule has 1 saturated heterocycles. The lowest BCUT2D eigenvalue weighted by molar-refractivity contribution is -0.525. The van der Waals surface area contributed by atoms with Crippen molar-refractivity contribution in [1.29, 1.82) is 0 Å². The van der Waals surface area contributed by atoms with Gasteiger partial charge in [-0.25, -0.2) is 15.1 Å². The van der Waals surface area contributed by atoms with Crippen LogP contribution in [0.2, 0.25) is 0 Å². The Labute approximate surface area is 261 Å². The summed E-state index contributed by atoms with van der Waals surface area (Å²) >= 11 is 0. The fraction of sp³-hybridized carbons (Fsp3) is 0.636. The summed E-state index contributed by atoms with van der Waals surface area (Å²) in [4.78, 5) is 28.8. The molecule has 11 heteroatoms. The third kappa shape index (κ3) is 6.73. The number of fused-ring (bicyclic) bond motifs is 1. The van der Waals surface area contributed by atoms with Gasteiger partial charge in [-0.2, -0.15) is 0 Å². The lowest BCUT2D eigenvalue weighted by Crippen LogP contribution is -2.65. The van der Waals surface area contributed by atoms with Crippen molar-refractivity contribution in [2.45, 2.75) is 97.2 Å². The van der Waals surface area contributed by atoms with E-state index in [0.29, 0.717) is 37.0 Å². The highest BCUT2D eigenvalue weighted by Gasteiger charge is 2.68. The molecule has 2 aromatic rings. The number of nitrogens with two attached hydrogens (primary N) is 1. The van der Waals surface area contributed by atoms with Gasteiger partial charge in [0.15, 0.2) is 5.03 Å². The molecule has 10 nitrogen and oxygen atoms in total. The van der Waals surface area contributed by atoms with Gasteiger partial charge in [0, 0.05) is 12.5 Å². The predicted octanol–water partition coefficient (Wildman–Crippen LogP) is 5.06. The monoisotopic (exact) mass is 605 g/mol. The highest BCUT2D eigenvalue weighted by molar-refractivity contribution is 6.47. The summed E-state index contributed by atoms with van der Waals surface area (Å²) in [6, 6.07) is 14.6. The Morgan fingerprint density at radius 3 is 2.64 bits per heavy atom. The second kappa shape index (κ2) is 13.0. The van der Waals surface area contributed by atoms with Crippen molar-refractivity contribution in [1.82, 2.24) is 10.7 Å². The molecule has 3 saturated carbocycles. The molecule has 6 atom stereocenters. The maximum atomic E-state index is 14.0. The Balaban J connectivity index is 1.30. The van der Waals surface area contributed by atoms with Gasteiger partial charge in [0.05, 0.1) is 17.6 Å². The summed E-state index contributed by atoms with van der Waals surface area (Å²) in [6.45, 7) is 11.5. The van der Waals surface area contributed by atoms with Crippen LogP contribution >= 0.6 is 0 Å². The lowest BCUT2D eigenvalue weighted by Gasteiger charge is -2.64. The van der Waals surface area contributed by atoms with Crippen molar-refractivity contribution in [3.05, 3.63) is 58.1 Å². The molecule has 0 aromatic heterocycles. The van der Waals surface area contributed by atoms with Crippen LogP contribution in [0.5, 0.6) is 0 Å². The van der Waals surface area contributed by atoms with Crippen LogP contribution in [0.15, 0.2) is 47.5 Å². The Bertz CT molecular complexity index is 1380. The number of amides is 1. The smallest absolute Gasteiger partial charge is 0.404 e. The molecule has 3 aliphatic carbocycles. The number of aliphatic imine (C=N–C) groups is 1. The summed E-state index contributed by atoms with van der Waals surface area (Å²) < 4.78 is 13.4. The summed E-state index contributed by atoms with van der Waals surface area (Å²) in [7, 11) is -0.484. The Morgan fingerprint density at radius 2 is 1.91 bits per heavy atom. The van der Waals surface area contributed by atoms with E-state index < -0.39 is 12.2 Å². The van der Waals surface area contributed by atoms with Gasteiger partial charge in [-0.15, -0.1) is 0 Å². The number of hydrogen-bond acceptors (Lipinski definition) is 6. The van der Waals surface area contributed by atoms with Gasteiger partial charge >= 0.3 is 7.12 Å². The molecule has 2 bridgehead atoms. The molecule has 1 amide bonds. The van der Waals surface area contributed by atoms with Gasteiger partial charge in [-0.3, -0.25) is 4.79 Å². The summed E-state index contributed by atoms with van der Waals surface area (Å²) in [5, 5.41) is 15.7. The van der Waals surface area contributed by atoms with Crippen molar-refractivity contribution in [2.24, 2.45) is 39.8 Å². The van der Waals surface area contributed by atoms with Crippen LogP contribution < -0.4 is 16.5 Å². The molecule has 0 spiro atoms. The Kier molecular flexibility index (Phi) is 9.56. The molecule has 4 fully saturated rings. The molecule has 238 valence electrons. The lowest BCUT2D eigenvalue weighted by atomic mass is 9.43. The fourth-order valence-electron chi connectivity index (χ4n) is 8.03. The number of hydrogen-bond donors (Lipinski definition) is 3. The van der Waals surface area contributed by atoms with Crippen LogP contribution in [0.3, 0.4) is 0 Å². The molecule has 0 radical (unpaired) electrons. The molecular formula is C33H48BN5O5. The maximum absolute atomic E-state index is 14.0. The molecule has 0 unspecified atom stereocenters. The minimum absolute atomic E-state index is 0.0203. The largest absolute Gasteiger partial charge is 0.481 e. The molecule has 2 aromatic carbocycles. The minimum Gasteiger partial charge on any atom is -0.404 e. The number of nitrogens with zero attached hydrogens (tertiary/aromatic N) is 2. The van der Waals surface area contributed by atoms with Crippen LogP contribution in [0.1, 0.15) is 78.7 Å². The zero-order valence-corrected chi connectivity index (χ0v) is 26.8. The molecule has 6 rings (SSSR count). The number of carbonyl (C=O) groups is 1. The van der Waals surface area contributed by atoms with E-state index in [4.69, 9.17) is 15.0 Å². The van der Waals surface area contributed by atoms with Crippen LogP contribution in [0, 0.1) is 39.2 Å². The second-order valence-corrected chi connectivity index (χ2v) is 14.2. The van der Waals surface area contributed by atoms with Gasteiger partial charge < -0.3 is 20.4 Å². The van der Waals surface area contributed by atoms with Crippen molar-refractivity contribution in [3.8, 4) is 0 Å². The van der Waals surface area contributed by atoms with E-state index in [-0.39, 0.29) is 47.4 Å². The first-order valence-electron chi connectivity index (χ1n) is 16.2. The van der Waals surface area contributed by atoms with Crippen molar-refractivity contribution in [3.63, 3.8) is 0 Å². The van der Waals surface area contributed by atoms with E-state index in [2.05, 4.69) is 75.3 Å². The third-order valence-corrected chi connectivity index (χ3v) is 10.6. The Morgan fingerprint density at radius 1 is 1.16 bits per heavy atom. The van der Waals surface area contributed by atoms with Gasteiger partial charge in [0.1, 0.15) is 0 Å². The highest BCUT2D eigenvalue weighted by Crippen LogP contribution is 2.65. The summed E-state index contributed by atoms with van der Waals surface area (Å²) in [5.41, 5.74) is 8.58. The van der Waals surface area contributed by atoms with E-state index in [1.165, 1.54) is 22.8 Å². The SMILES string of the molecule is CC(C)C[C@H](NC(=O)[C@H](CCCN=C(N)N[N+](=O)[O-])CCc1cccc2ccccc12)B1O[C@@H]2C[C@H]3C[C@H](C3(C)C)[C@]2(C)O1. The number of rotatable bonds is 13. The summed E-state index contributed by atoms with van der Waals surface area (Å²) in [6.07, 6.45) is 5.53. The first kappa shape index (κ1) is 32.2. The average molecular weight is 606 g/mol. The van der Waals surface area contributed by atoms with Crippen LogP contribution in [-0.4, -0.2) is 48.2 Å². The van der Waals surface area contributed by atoms with Crippen LogP contribution in [-0.2, 0) is 20.5 Å². The van der Waals surface area contributed by atoms with Gasteiger partial charge in [0.25, 0.3) is 5.96 Å². The number of nitrogens with one attached hydrogen (secondary N) is 2. The molecule has 44 heavy (non-hydrogen) atoms. The normalized spacial score (nSPS) is 27.0. The third-order valence-electron chi connectivity index (χ3n) is 10.6. The maximum Gasteiger partial charge on any atom is 0.481 e. The topological polar surface area (TPSA) is 141 Å². The fourth-order valence-corrected chi connectivity index (χ4v) is 8.03. The second-order valence-electron chi connectivity index (χ2n) is 14.2. The highest BCUT2D eigenvalue weighted by atomic mass is 16.7. The van der Waals surface area contributed by atoms with Crippen molar-refractivity contribution in [2.75, 3.05) is 6.54 Å². The minimum atomic E-state index is -0.734. The van der Waals surface area contributed by atoms with E-state index in [0.717, 1.165) is 19.3 Å². The Hall–Kier alpha value is -3.18. The van der Waals surface area contributed by atoms with E-state index in [1.54, 1.807) is 0 Å². The number of hydrazine groups is 1. The standard InChI is InChI=1S/C33H48BN5O5/c1-21(2)18-29(34-43-28-20-25-19-27(32(25,3)4)33(28,5)44-34)37-30(40)24(13-9-17-36-31(35)38-39(41)42)16-15-23-12-8-11-22-10-6-7-14-26(22)23/h6-8,10-12,14,21,24-25,27-29H,9,13,15-20H2,1-5H3,(H,37,40)(H3,35,36,38)/t24-,25-,27-,28-,29+,33+/m1/s1. The zero-order valence-electron chi connectivity index (χ0n) is 26.8. The van der Waals surface area contributed by atoms with E-state index in [9.17, 15) is 14.9 Å². The average Bonchev–Trinajstić information content (AvgIpc) is 3.33. The number of carbonyl (C=O) groups excluding carboxylic acids is 1. The van der Waals surface area contributed by atoms with Crippen LogP contribution in [0.4, 0.5) is 0 Å². The number of benzene rings is 2. The van der Waals surface area contributed by atoms with Gasteiger partial charge in [-0.1, -0.05) is 75.6 Å². The van der Waals surface area contributed by atoms with Crippen molar-refractivity contribution >= 4 is 29.8 Å². The van der Waals surface area contributed by atoms with Crippen molar-refractivity contribution < 1.29 is 19.1 Å².